The average molecular weight is 289 g/mol. The Kier molecular flexibility index (Phi) is 4.22. The van der Waals surface area contributed by atoms with Crippen LogP contribution >= 0.6 is 0 Å². The lowest BCUT2D eigenvalue weighted by molar-refractivity contribution is -0.0893. The van der Waals surface area contributed by atoms with Gasteiger partial charge in [0.2, 0.25) is 0 Å². The predicted octanol–water partition coefficient (Wildman–Crippen LogP) is 1.19. The van der Waals surface area contributed by atoms with Crippen LogP contribution in [-0.2, 0) is 11.2 Å². The van der Waals surface area contributed by atoms with E-state index in [1.165, 1.54) is 0 Å². The highest BCUT2D eigenvalue weighted by atomic mass is 16.5. The van der Waals surface area contributed by atoms with E-state index in [0.717, 1.165) is 50.2 Å². The molecule has 1 amide bonds. The van der Waals surface area contributed by atoms with Crippen LogP contribution < -0.4 is 0 Å². The highest BCUT2D eigenvalue weighted by molar-refractivity contribution is 5.95. The Morgan fingerprint density at radius 3 is 3.14 bits per heavy atom. The minimum atomic E-state index is 0.131. The quantitative estimate of drug-likeness (QED) is 0.820. The van der Waals surface area contributed by atoms with Crippen LogP contribution in [0.25, 0.3) is 0 Å². The van der Waals surface area contributed by atoms with E-state index in [1.54, 1.807) is 12.4 Å². The first kappa shape index (κ1) is 14.5. The van der Waals surface area contributed by atoms with E-state index in [4.69, 9.17) is 4.74 Å². The molecule has 2 aliphatic heterocycles. The lowest BCUT2D eigenvalue weighted by Gasteiger charge is -2.45. The van der Waals surface area contributed by atoms with E-state index in [0.29, 0.717) is 6.04 Å². The standard InChI is InChI=1S/C16H23N3O2/c1-3-12-10-17-6-4-13(12)16(20)19-7-5-15-14(11-19)18(2)8-9-21-15/h4,6,10,14-15H,3,5,7-9,11H2,1-2H3. The van der Waals surface area contributed by atoms with Crippen molar-refractivity contribution in [1.82, 2.24) is 14.8 Å². The smallest absolute Gasteiger partial charge is 0.254 e. The molecule has 5 heteroatoms. The van der Waals surface area contributed by atoms with Crippen molar-refractivity contribution in [3.8, 4) is 0 Å². The fraction of sp³-hybridized carbons (Fsp3) is 0.625. The summed E-state index contributed by atoms with van der Waals surface area (Å²) < 4.78 is 5.84. The molecule has 114 valence electrons. The number of rotatable bonds is 2. The molecule has 0 saturated carbocycles. The summed E-state index contributed by atoms with van der Waals surface area (Å²) >= 11 is 0. The molecule has 1 aromatic rings. The number of pyridine rings is 1. The number of likely N-dealkylation sites (tertiary alicyclic amines) is 1. The van der Waals surface area contributed by atoms with Gasteiger partial charge in [0.15, 0.2) is 0 Å². The van der Waals surface area contributed by atoms with Gasteiger partial charge in [0.25, 0.3) is 5.91 Å². The second-order valence-corrected chi connectivity index (χ2v) is 5.88. The number of hydrogen-bond acceptors (Lipinski definition) is 4. The number of likely N-dealkylation sites (N-methyl/N-ethyl adjacent to an activating group) is 1. The maximum Gasteiger partial charge on any atom is 0.254 e. The van der Waals surface area contributed by atoms with Gasteiger partial charge in [0.05, 0.1) is 18.8 Å². The van der Waals surface area contributed by atoms with Gasteiger partial charge in [-0.15, -0.1) is 0 Å². The SMILES string of the molecule is CCc1cnccc1C(=O)N1CCC2OCCN(C)C2C1. The summed E-state index contributed by atoms with van der Waals surface area (Å²) in [6.07, 6.45) is 5.53. The Morgan fingerprint density at radius 2 is 2.33 bits per heavy atom. The average Bonchev–Trinajstić information content (AvgIpc) is 2.54. The number of carbonyl (C=O) groups is 1. The zero-order valence-electron chi connectivity index (χ0n) is 12.8. The topological polar surface area (TPSA) is 45.7 Å². The lowest BCUT2D eigenvalue weighted by Crippen LogP contribution is -2.59. The van der Waals surface area contributed by atoms with Crippen LogP contribution in [0, 0.1) is 0 Å². The Morgan fingerprint density at radius 1 is 1.48 bits per heavy atom. The summed E-state index contributed by atoms with van der Waals surface area (Å²) in [6, 6.07) is 2.16. The van der Waals surface area contributed by atoms with E-state index in [1.807, 2.05) is 11.0 Å². The number of hydrogen-bond donors (Lipinski definition) is 0. The molecule has 3 rings (SSSR count). The fourth-order valence-corrected chi connectivity index (χ4v) is 3.31. The van der Waals surface area contributed by atoms with Crippen LogP contribution in [0.5, 0.6) is 0 Å². The second kappa shape index (κ2) is 6.12. The Hall–Kier alpha value is -1.46. The Bertz CT molecular complexity index is 520. The number of amides is 1. The van der Waals surface area contributed by atoms with Gasteiger partial charge in [0, 0.05) is 37.6 Å². The van der Waals surface area contributed by atoms with Crippen LogP contribution in [0.3, 0.4) is 0 Å². The summed E-state index contributed by atoms with van der Waals surface area (Å²) in [7, 11) is 2.12. The van der Waals surface area contributed by atoms with Gasteiger partial charge in [-0.25, -0.2) is 0 Å². The molecular formula is C16H23N3O2. The van der Waals surface area contributed by atoms with Crippen molar-refractivity contribution < 1.29 is 9.53 Å². The Labute approximate surface area is 125 Å². The van der Waals surface area contributed by atoms with Crippen molar-refractivity contribution >= 4 is 5.91 Å². The van der Waals surface area contributed by atoms with E-state index in [-0.39, 0.29) is 12.0 Å². The van der Waals surface area contributed by atoms with Gasteiger partial charge >= 0.3 is 0 Å². The minimum absolute atomic E-state index is 0.131. The van der Waals surface area contributed by atoms with Crippen LogP contribution in [0.15, 0.2) is 18.5 Å². The molecule has 2 unspecified atom stereocenters. The number of morpholine rings is 1. The molecule has 2 aliphatic rings. The van der Waals surface area contributed by atoms with Crippen LogP contribution in [0.2, 0.25) is 0 Å². The molecule has 2 fully saturated rings. The molecule has 3 heterocycles. The molecule has 2 saturated heterocycles. The van der Waals surface area contributed by atoms with Gasteiger partial charge in [-0.2, -0.15) is 0 Å². The van der Waals surface area contributed by atoms with E-state index in [9.17, 15) is 4.79 Å². The first-order chi connectivity index (χ1) is 10.2. The monoisotopic (exact) mass is 289 g/mol. The summed E-state index contributed by atoms with van der Waals surface area (Å²) in [4.78, 5) is 21.2. The molecule has 0 N–H and O–H groups in total. The zero-order chi connectivity index (χ0) is 14.8. The molecule has 0 aromatic carbocycles. The summed E-state index contributed by atoms with van der Waals surface area (Å²) in [5.41, 5.74) is 1.82. The van der Waals surface area contributed by atoms with Crippen molar-refractivity contribution in [2.75, 3.05) is 33.3 Å². The summed E-state index contributed by atoms with van der Waals surface area (Å²) in [5, 5.41) is 0. The van der Waals surface area contributed by atoms with Gasteiger partial charge in [-0.1, -0.05) is 6.92 Å². The Balaban J connectivity index is 1.76. The molecule has 0 spiro atoms. The molecular weight excluding hydrogens is 266 g/mol. The number of carbonyl (C=O) groups excluding carboxylic acids is 1. The normalized spacial score (nSPS) is 26.5. The van der Waals surface area contributed by atoms with Crippen molar-refractivity contribution in [2.24, 2.45) is 0 Å². The van der Waals surface area contributed by atoms with Crippen LogP contribution in [0.1, 0.15) is 29.3 Å². The summed E-state index contributed by atoms with van der Waals surface area (Å²) in [6.45, 7) is 5.34. The van der Waals surface area contributed by atoms with Crippen molar-refractivity contribution in [3.63, 3.8) is 0 Å². The molecule has 21 heavy (non-hydrogen) atoms. The van der Waals surface area contributed by atoms with Gasteiger partial charge in [-0.05, 0) is 31.5 Å². The fourth-order valence-electron chi connectivity index (χ4n) is 3.31. The van der Waals surface area contributed by atoms with Gasteiger partial charge < -0.3 is 9.64 Å². The maximum atomic E-state index is 12.8. The van der Waals surface area contributed by atoms with Crippen LogP contribution in [0.4, 0.5) is 0 Å². The first-order valence-electron chi connectivity index (χ1n) is 7.74. The highest BCUT2D eigenvalue weighted by Crippen LogP contribution is 2.23. The number of nitrogens with zero attached hydrogens (tertiary/aromatic N) is 3. The molecule has 5 nitrogen and oxygen atoms in total. The number of aryl methyl sites for hydroxylation is 1. The third kappa shape index (κ3) is 2.80. The maximum absolute atomic E-state index is 12.8. The van der Waals surface area contributed by atoms with Crippen molar-refractivity contribution in [3.05, 3.63) is 29.6 Å². The zero-order valence-corrected chi connectivity index (χ0v) is 12.8. The van der Waals surface area contributed by atoms with E-state index >= 15 is 0 Å². The number of fused-ring (bicyclic) bond motifs is 1. The number of aromatic nitrogens is 1. The molecule has 0 aliphatic carbocycles. The van der Waals surface area contributed by atoms with E-state index < -0.39 is 0 Å². The molecule has 2 atom stereocenters. The second-order valence-electron chi connectivity index (χ2n) is 5.88. The summed E-state index contributed by atoms with van der Waals surface area (Å²) in [5.74, 6) is 0.131. The van der Waals surface area contributed by atoms with Crippen LogP contribution in [-0.4, -0.2) is 66.1 Å². The predicted molar refractivity (Wildman–Crippen MR) is 80.3 cm³/mol. The van der Waals surface area contributed by atoms with Crippen molar-refractivity contribution in [1.29, 1.82) is 0 Å². The third-order valence-corrected chi connectivity index (χ3v) is 4.66. The third-order valence-electron chi connectivity index (χ3n) is 4.66. The highest BCUT2D eigenvalue weighted by Gasteiger charge is 2.37. The molecule has 0 bridgehead atoms. The number of piperidine rings is 1. The molecule has 1 aromatic heterocycles. The number of ether oxygens (including phenoxy) is 1. The van der Waals surface area contributed by atoms with Gasteiger partial charge in [0.1, 0.15) is 0 Å². The van der Waals surface area contributed by atoms with E-state index in [2.05, 4.69) is 23.9 Å². The lowest BCUT2D eigenvalue weighted by atomic mass is 9.97. The minimum Gasteiger partial charge on any atom is -0.375 e. The van der Waals surface area contributed by atoms with Crippen molar-refractivity contribution in [2.45, 2.75) is 31.9 Å². The largest absolute Gasteiger partial charge is 0.375 e. The molecule has 0 radical (unpaired) electrons. The first-order valence-corrected chi connectivity index (χ1v) is 7.74. The van der Waals surface area contributed by atoms with Gasteiger partial charge in [-0.3, -0.25) is 14.7 Å².